The maximum atomic E-state index is 12.4. The molecule has 0 spiro atoms. The summed E-state index contributed by atoms with van der Waals surface area (Å²) in [5, 5.41) is 2.90. The highest BCUT2D eigenvalue weighted by atomic mass is 35.5. The van der Waals surface area contributed by atoms with Crippen LogP contribution in [0.1, 0.15) is 34.8 Å². The van der Waals surface area contributed by atoms with Gasteiger partial charge >= 0.3 is 0 Å². The smallest absolute Gasteiger partial charge is 0.253 e. The van der Waals surface area contributed by atoms with Gasteiger partial charge in [0.1, 0.15) is 11.5 Å². The summed E-state index contributed by atoms with van der Waals surface area (Å²) in [4.78, 5) is 12.3. The molecule has 1 atom stereocenters. The highest BCUT2D eigenvalue weighted by Crippen LogP contribution is 2.22. The van der Waals surface area contributed by atoms with E-state index >= 15 is 0 Å². The van der Waals surface area contributed by atoms with Gasteiger partial charge in [-0.2, -0.15) is 0 Å². The highest BCUT2D eigenvalue weighted by molar-refractivity contribution is 7.89. The predicted molar refractivity (Wildman–Crippen MR) is 87.0 cm³/mol. The molecule has 124 valence electrons. The minimum Gasteiger partial charge on any atom is -0.464 e. The number of hydrogen-bond donors (Lipinski definition) is 2. The molecule has 0 aliphatic rings. The zero-order chi connectivity index (χ0) is 17.2. The Balaban J connectivity index is 2.27. The van der Waals surface area contributed by atoms with Gasteiger partial charge in [0.25, 0.3) is 5.91 Å². The van der Waals surface area contributed by atoms with E-state index < -0.39 is 15.9 Å². The quantitative estimate of drug-likeness (QED) is 0.862. The Labute approximate surface area is 139 Å². The Morgan fingerprint density at radius 3 is 2.52 bits per heavy atom. The first-order valence-electron chi connectivity index (χ1n) is 6.85. The summed E-state index contributed by atoms with van der Waals surface area (Å²) in [5.74, 6) is 0.858. The fraction of sp³-hybridized carbons (Fsp3) is 0.267. The van der Waals surface area contributed by atoms with Crippen LogP contribution in [0.2, 0.25) is 5.02 Å². The number of nitrogens with one attached hydrogen (secondary N) is 2. The first kappa shape index (κ1) is 17.5. The van der Waals surface area contributed by atoms with Crippen molar-refractivity contribution in [3.05, 3.63) is 52.4 Å². The first-order chi connectivity index (χ1) is 10.7. The van der Waals surface area contributed by atoms with E-state index in [1.54, 1.807) is 26.0 Å². The Morgan fingerprint density at radius 2 is 1.96 bits per heavy atom. The van der Waals surface area contributed by atoms with E-state index in [4.69, 9.17) is 16.0 Å². The Morgan fingerprint density at radius 1 is 1.26 bits per heavy atom. The summed E-state index contributed by atoms with van der Waals surface area (Å²) in [6.45, 7) is 3.57. The number of amides is 1. The highest BCUT2D eigenvalue weighted by Gasteiger charge is 2.20. The van der Waals surface area contributed by atoms with Crippen LogP contribution in [0.25, 0.3) is 0 Å². The second-order valence-electron chi connectivity index (χ2n) is 4.99. The molecule has 1 amide bonds. The van der Waals surface area contributed by atoms with Gasteiger partial charge < -0.3 is 9.73 Å². The monoisotopic (exact) mass is 356 g/mol. The molecule has 23 heavy (non-hydrogen) atoms. The molecule has 1 unspecified atom stereocenters. The maximum absolute atomic E-state index is 12.4. The van der Waals surface area contributed by atoms with E-state index in [9.17, 15) is 13.2 Å². The molecule has 1 heterocycles. The third-order valence-corrected chi connectivity index (χ3v) is 5.04. The molecule has 0 bridgehead atoms. The Kier molecular flexibility index (Phi) is 5.13. The summed E-state index contributed by atoms with van der Waals surface area (Å²) in [5.41, 5.74) is 0.0816. The second kappa shape index (κ2) is 6.74. The molecule has 1 aromatic carbocycles. The average molecular weight is 357 g/mol. The van der Waals surface area contributed by atoms with Gasteiger partial charge in [-0.1, -0.05) is 11.6 Å². The molecule has 0 saturated heterocycles. The van der Waals surface area contributed by atoms with Crippen LogP contribution >= 0.6 is 11.6 Å². The minimum atomic E-state index is -3.66. The normalized spacial score (nSPS) is 12.9. The SMILES string of the molecule is CNS(=O)(=O)c1ccc(Cl)c(C(=O)NC(C)c2ccc(C)o2)c1. The van der Waals surface area contributed by atoms with Crippen molar-refractivity contribution >= 4 is 27.5 Å². The number of furan rings is 1. The van der Waals surface area contributed by atoms with Gasteiger partial charge in [0.05, 0.1) is 21.5 Å². The second-order valence-corrected chi connectivity index (χ2v) is 7.29. The third-order valence-electron chi connectivity index (χ3n) is 3.30. The number of halogens is 1. The number of carbonyl (C=O) groups is 1. The Hall–Kier alpha value is -1.83. The summed E-state index contributed by atoms with van der Waals surface area (Å²) >= 11 is 6.02. The fourth-order valence-electron chi connectivity index (χ4n) is 2.00. The van der Waals surface area contributed by atoms with E-state index in [1.807, 2.05) is 0 Å². The van der Waals surface area contributed by atoms with Crippen molar-refractivity contribution in [2.24, 2.45) is 0 Å². The van der Waals surface area contributed by atoms with Crippen molar-refractivity contribution in [1.29, 1.82) is 0 Å². The van der Waals surface area contributed by atoms with Gasteiger partial charge in [-0.05, 0) is 51.2 Å². The third kappa shape index (κ3) is 3.93. The van der Waals surface area contributed by atoms with Crippen molar-refractivity contribution in [3.63, 3.8) is 0 Å². The summed E-state index contributed by atoms with van der Waals surface area (Å²) in [6.07, 6.45) is 0. The number of sulfonamides is 1. The number of carbonyl (C=O) groups excluding carboxylic acids is 1. The molecule has 6 nitrogen and oxygen atoms in total. The van der Waals surface area contributed by atoms with Crippen molar-refractivity contribution in [1.82, 2.24) is 10.0 Å². The lowest BCUT2D eigenvalue weighted by atomic mass is 10.2. The number of hydrogen-bond acceptors (Lipinski definition) is 4. The summed E-state index contributed by atoms with van der Waals surface area (Å²) in [6, 6.07) is 7.14. The molecule has 0 saturated carbocycles. The van der Waals surface area contributed by atoms with Crippen LogP contribution in [-0.4, -0.2) is 21.4 Å². The zero-order valence-electron chi connectivity index (χ0n) is 12.9. The fourth-order valence-corrected chi connectivity index (χ4v) is 2.95. The van der Waals surface area contributed by atoms with E-state index in [0.717, 1.165) is 5.76 Å². The van der Waals surface area contributed by atoms with Crippen LogP contribution in [0.4, 0.5) is 0 Å². The molecule has 2 rings (SSSR count). The van der Waals surface area contributed by atoms with Gasteiger partial charge in [0.15, 0.2) is 0 Å². The lowest BCUT2D eigenvalue weighted by Gasteiger charge is -2.13. The molecular weight excluding hydrogens is 340 g/mol. The molecule has 1 aromatic heterocycles. The topological polar surface area (TPSA) is 88.4 Å². The molecule has 2 N–H and O–H groups in total. The predicted octanol–water partition coefficient (Wildman–Crippen LogP) is 2.64. The van der Waals surface area contributed by atoms with Crippen LogP contribution in [0, 0.1) is 6.92 Å². The molecule has 8 heteroatoms. The van der Waals surface area contributed by atoms with Crippen LogP contribution < -0.4 is 10.0 Å². The molecule has 0 fully saturated rings. The number of aryl methyl sites for hydroxylation is 1. The Bertz CT molecular complexity index is 830. The van der Waals surface area contributed by atoms with E-state index in [0.29, 0.717) is 5.76 Å². The largest absolute Gasteiger partial charge is 0.464 e. The van der Waals surface area contributed by atoms with E-state index in [2.05, 4.69) is 10.0 Å². The molecule has 0 aliphatic heterocycles. The molecule has 0 aliphatic carbocycles. The van der Waals surface area contributed by atoms with Crippen LogP contribution in [0.5, 0.6) is 0 Å². The van der Waals surface area contributed by atoms with Gasteiger partial charge in [0, 0.05) is 0 Å². The lowest BCUT2D eigenvalue weighted by molar-refractivity contribution is 0.0935. The molecule has 2 aromatic rings. The van der Waals surface area contributed by atoms with Crippen LogP contribution in [0.3, 0.4) is 0 Å². The van der Waals surface area contributed by atoms with Gasteiger partial charge in [-0.15, -0.1) is 0 Å². The van der Waals surface area contributed by atoms with Gasteiger partial charge in [0.2, 0.25) is 10.0 Å². The summed E-state index contributed by atoms with van der Waals surface area (Å²) in [7, 11) is -2.36. The molecule has 0 radical (unpaired) electrons. The van der Waals surface area contributed by atoms with Crippen molar-refractivity contribution in [2.45, 2.75) is 24.8 Å². The molecular formula is C15H17ClN2O4S. The minimum absolute atomic E-state index is 0.0314. The summed E-state index contributed by atoms with van der Waals surface area (Å²) < 4.78 is 31.3. The first-order valence-corrected chi connectivity index (χ1v) is 8.71. The lowest BCUT2D eigenvalue weighted by Crippen LogP contribution is -2.27. The van der Waals surface area contributed by atoms with E-state index in [1.165, 1.54) is 25.2 Å². The maximum Gasteiger partial charge on any atom is 0.253 e. The van der Waals surface area contributed by atoms with Crippen molar-refractivity contribution in [2.75, 3.05) is 7.05 Å². The number of rotatable bonds is 5. The van der Waals surface area contributed by atoms with Gasteiger partial charge in [-0.3, -0.25) is 4.79 Å². The van der Waals surface area contributed by atoms with Crippen molar-refractivity contribution in [3.8, 4) is 0 Å². The van der Waals surface area contributed by atoms with Gasteiger partial charge in [-0.25, -0.2) is 13.1 Å². The zero-order valence-corrected chi connectivity index (χ0v) is 14.5. The van der Waals surface area contributed by atoms with Crippen molar-refractivity contribution < 1.29 is 17.6 Å². The average Bonchev–Trinajstić information content (AvgIpc) is 2.94. The number of benzene rings is 1. The van der Waals surface area contributed by atoms with Crippen LogP contribution in [0.15, 0.2) is 39.6 Å². The van der Waals surface area contributed by atoms with Crippen LogP contribution in [-0.2, 0) is 10.0 Å². The van der Waals surface area contributed by atoms with E-state index in [-0.39, 0.29) is 21.5 Å². The standard InChI is InChI=1S/C15H17ClN2O4S/c1-9-4-7-14(22-9)10(2)18-15(19)12-8-11(5-6-13(12)16)23(20,21)17-3/h4-8,10,17H,1-3H3,(H,18,19).